The maximum atomic E-state index is 12.5. The minimum atomic E-state index is -1.69. The summed E-state index contributed by atoms with van der Waals surface area (Å²) in [6, 6.07) is 7.41. The number of carbonyl (C=O) groups excluding carboxylic acids is 2. The Hall–Kier alpha value is -3.45. The molecule has 2 spiro atoms. The van der Waals surface area contributed by atoms with Gasteiger partial charge in [-0.1, -0.05) is 168 Å². The molecule has 2 unspecified atom stereocenters. The molecule has 12 rings (SSSR count). The predicted octanol–water partition coefficient (Wildman–Crippen LogP) is 14.2. The van der Waals surface area contributed by atoms with Crippen molar-refractivity contribution in [3.8, 4) is 23.0 Å². The number of unbranched alkanes of at least 4 members (excludes halogenated alkanes) is 20. The van der Waals surface area contributed by atoms with Crippen LogP contribution in [0.2, 0.25) is 0 Å². The van der Waals surface area contributed by atoms with Gasteiger partial charge in [-0.25, -0.2) is 0 Å². The van der Waals surface area contributed by atoms with E-state index in [0.29, 0.717) is 90.8 Å². The van der Waals surface area contributed by atoms with Gasteiger partial charge in [-0.2, -0.15) is 0 Å². The van der Waals surface area contributed by atoms with Crippen molar-refractivity contribution < 1.29 is 58.8 Å². The summed E-state index contributed by atoms with van der Waals surface area (Å²) in [6.07, 6.45) is 39.0. The second kappa shape index (κ2) is 29.0. The van der Waals surface area contributed by atoms with Crippen molar-refractivity contribution in [2.75, 3.05) is 37.6 Å². The summed E-state index contributed by atoms with van der Waals surface area (Å²) in [5, 5.41) is 58.9. The van der Waals surface area contributed by atoms with Gasteiger partial charge >= 0.3 is 11.9 Å². The van der Waals surface area contributed by atoms with Gasteiger partial charge in [0, 0.05) is 49.1 Å². The highest BCUT2D eigenvalue weighted by molar-refractivity contribution is 14.1. The van der Waals surface area contributed by atoms with Crippen LogP contribution in [0.5, 0.6) is 23.0 Å². The number of piperidine rings is 2. The third-order valence-electron chi connectivity index (χ3n) is 22.4. The van der Waals surface area contributed by atoms with E-state index in [1.165, 1.54) is 141 Å². The molecule has 10 aliphatic rings. The fourth-order valence-corrected chi connectivity index (χ4v) is 17.6. The molecular formula is C72H107IN2O12. The first-order valence-electron chi connectivity index (χ1n) is 34.7. The van der Waals surface area contributed by atoms with Crippen LogP contribution >= 0.6 is 22.6 Å². The molecular weight excluding hydrogens is 1210 g/mol. The van der Waals surface area contributed by atoms with Crippen LogP contribution < -0.4 is 14.2 Å². The second-order valence-corrected chi connectivity index (χ2v) is 28.6. The van der Waals surface area contributed by atoms with E-state index in [2.05, 4.69) is 59.4 Å². The average molecular weight is 1320 g/mol. The van der Waals surface area contributed by atoms with Crippen LogP contribution in [0.1, 0.15) is 254 Å². The molecule has 5 N–H and O–H groups in total. The number of rotatable bonds is 32. The van der Waals surface area contributed by atoms with E-state index in [0.717, 1.165) is 92.4 Å². The summed E-state index contributed by atoms with van der Waals surface area (Å²) in [7, 11) is 0. The van der Waals surface area contributed by atoms with Crippen LogP contribution in [0.3, 0.4) is 0 Å². The molecule has 2 aromatic rings. The highest BCUT2D eigenvalue weighted by Gasteiger charge is 2.80. The molecule has 0 aromatic heterocycles. The van der Waals surface area contributed by atoms with Gasteiger partial charge in [0.15, 0.2) is 23.0 Å². The molecule has 14 nitrogen and oxygen atoms in total. The van der Waals surface area contributed by atoms with Gasteiger partial charge in [0.25, 0.3) is 0 Å². The number of phenols is 1. The molecule has 4 heterocycles. The van der Waals surface area contributed by atoms with Gasteiger partial charge in [-0.3, -0.25) is 19.4 Å². The molecule has 6 fully saturated rings. The van der Waals surface area contributed by atoms with E-state index in [9.17, 15) is 35.1 Å². The molecule has 2 aromatic carbocycles. The van der Waals surface area contributed by atoms with E-state index < -0.39 is 33.6 Å². The van der Waals surface area contributed by atoms with Crippen molar-refractivity contribution in [3.05, 3.63) is 70.8 Å². The van der Waals surface area contributed by atoms with E-state index in [1.807, 2.05) is 18.2 Å². The van der Waals surface area contributed by atoms with E-state index in [4.69, 9.17) is 23.7 Å². The summed E-state index contributed by atoms with van der Waals surface area (Å²) in [6.45, 7) is 16.3. The van der Waals surface area contributed by atoms with Crippen molar-refractivity contribution in [2.24, 2.45) is 11.8 Å². The van der Waals surface area contributed by atoms with Crippen LogP contribution in [0.4, 0.5) is 0 Å². The zero-order valence-electron chi connectivity index (χ0n) is 53.1. The van der Waals surface area contributed by atoms with Crippen LogP contribution in [0, 0.1) is 11.8 Å². The Morgan fingerprint density at radius 3 is 1.40 bits per heavy atom. The van der Waals surface area contributed by atoms with Crippen molar-refractivity contribution in [1.82, 2.24) is 9.80 Å². The van der Waals surface area contributed by atoms with Crippen LogP contribution in [-0.4, -0.2) is 120 Å². The molecule has 15 heteroatoms. The van der Waals surface area contributed by atoms with Crippen LogP contribution in [-0.2, 0) is 42.7 Å². The Morgan fingerprint density at radius 2 is 0.966 bits per heavy atom. The van der Waals surface area contributed by atoms with Crippen molar-refractivity contribution in [2.45, 2.75) is 291 Å². The predicted molar refractivity (Wildman–Crippen MR) is 347 cm³/mol. The first-order chi connectivity index (χ1) is 42.1. The molecule has 0 radical (unpaired) electrons. The molecule has 4 saturated carbocycles. The number of benzene rings is 2. The average Bonchev–Trinajstić information content (AvgIpc) is 1.59. The van der Waals surface area contributed by atoms with Gasteiger partial charge in [0.1, 0.15) is 15.4 Å². The monoisotopic (exact) mass is 1320 g/mol. The molecule has 0 amide bonds. The van der Waals surface area contributed by atoms with Gasteiger partial charge in [0.05, 0.1) is 11.2 Å². The number of carbonyl (C=O) groups is 2. The van der Waals surface area contributed by atoms with E-state index in [-0.39, 0.29) is 36.6 Å². The van der Waals surface area contributed by atoms with Crippen molar-refractivity contribution in [1.29, 1.82) is 0 Å². The molecule has 4 bridgehead atoms. The Labute approximate surface area is 534 Å². The lowest BCUT2D eigenvalue weighted by molar-refractivity contribution is -0.262. The molecule has 8 atom stereocenters. The third kappa shape index (κ3) is 13.2. The number of halogens is 1. The van der Waals surface area contributed by atoms with Crippen LogP contribution in [0.15, 0.2) is 48.6 Å². The highest BCUT2D eigenvalue weighted by Crippen LogP contribution is 2.71. The standard InChI is InChI=1S/C36H53NO6.C21H25NO4.C15H29IO2/c1-3-4-5-6-7-8-9-10-11-12-13-14-31(38)42-25-41-29-18-17-28-23-30-35(39)20-19-26(2)36(40)34(35,32(28)33(29)43-36)21-22-37(30)24-27-15-16-27;1-12-6-7-20(24)16-10-14-4-5-15(23)18-17(14)19(20,21(12,25)26-18)8-9-22(16)11-13-2-3-13;1-2-3-4-5-6-7-8-9-10-11-12-13-15(17)18-14-16/h17-18,27,30,39-40H,2-16,19-25H2,1H3;4-5,13,16,23-25H,1-3,6-11H2;2-14H2,1H3/t30?,34-,35-,36+;16?,19-,20-,21+;/m11./s1. The largest absolute Gasteiger partial charge is 0.504 e. The summed E-state index contributed by atoms with van der Waals surface area (Å²) in [5.41, 5.74) is 0.998. The summed E-state index contributed by atoms with van der Waals surface area (Å²) in [5.74, 6) is -0.861. The number of ether oxygens (including phenoxy) is 5. The SMILES string of the molecule is C=C1CC[C@@]2(O)C3Cc4ccc(O)c5c4[C@@]2(CCN3CC2CC2)[C@@]1(O)O5.C=C1CC[C@@]2(O)C3Cc4ccc(OCOC(=O)CCCCCCCCCCCCC)c5c4[C@@]2(CCN3CC2CC2)[C@@]1(O)O5.CCCCCCCCCCCCCC(=O)OCI. The molecule has 484 valence electrons. The minimum absolute atomic E-state index is 0.0249. The molecule has 6 aliphatic carbocycles. The number of alkyl halides is 1. The molecule has 87 heavy (non-hydrogen) atoms. The molecule has 4 aliphatic heterocycles. The lowest BCUT2D eigenvalue weighted by Crippen LogP contribution is -2.79. The van der Waals surface area contributed by atoms with Gasteiger partial charge < -0.3 is 49.2 Å². The van der Waals surface area contributed by atoms with Gasteiger partial charge in [-0.15, -0.1) is 0 Å². The van der Waals surface area contributed by atoms with E-state index in [1.54, 1.807) is 6.07 Å². The maximum absolute atomic E-state index is 12.5. The number of aromatic hydroxyl groups is 1. The Balaban J connectivity index is 0.000000161. The van der Waals surface area contributed by atoms with Gasteiger partial charge in [-0.05, 0) is 172 Å². The number of phenolic OH excluding ortho intramolecular Hbond substituents is 1. The summed E-state index contributed by atoms with van der Waals surface area (Å²) >= 11 is 2.05. The Bertz CT molecular complexity index is 2710. The first-order valence-corrected chi connectivity index (χ1v) is 36.2. The third-order valence-corrected chi connectivity index (χ3v) is 22.7. The number of hydrogen-bond donors (Lipinski definition) is 5. The smallest absolute Gasteiger partial charge is 0.308 e. The van der Waals surface area contributed by atoms with E-state index >= 15 is 0 Å². The van der Waals surface area contributed by atoms with Crippen LogP contribution in [0.25, 0.3) is 0 Å². The minimum Gasteiger partial charge on any atom is -0.504 e. The Kier molecular flexibility index (Phi) is 22.2. The number of nitrogens with zero attached hydrogens (tertiary/aromatic N) is 2. The zero-order valence-corrected chi connectivity index (χ0v) is 55.3. The Morgan fingerprint density at radius 1 is 0.563 bits per heavy atom. The number of aliphatic hydroxyl groups is 4. The number of esters is 2. The highest BCUT2D eigenvalue weighted by atomic mass is 127. The topological polar surface area (TPSA) is 188 Å². The summed E-state index contributed by atoms with van der Waals surface area (Å²) < 4.78 is 29.2. The fourth-order valence-electron chi connectivity index (χ4n) is 17.2. The summed E-state index contributed by atoms with van der Waals surface area (Å²) in [4.78, 5) is 28.4. The van der Waals surface area contributed by atoms with Crippen molar-refractivity contribution >= 4 is 34.5 Å². The second-order valence-electron chi connectivity index (χ2n) is 28.0. The zero-order chi connectivity index (χ0) is 61.5. The maximum Gasteiger partial charge on any atom is 0.308 e. The lowest BCUT2D eigenvalue weighted by atomic mass is 9.47. The van der Waals surface area contributed by atoms with Crippen molar-refractivity contribution in [3.63, 3.8) is 0 Å². The normalized spacial score (nSPS) is 30.2. The first kappa shape index (κ1) is 66.5. The lowest BCUT2D eigenvalue weighted by Gasteiger charge is -2.65. The number of hydrogen-bond acceptors (Lipinski definition) is 14. The molecule has 2 saturated heterocycles. The fraction of sp³-hybridized carbons (Fsp3) is 0.750. The number of likely N-dealkylation sites (tertiary alicyclic amines) is 2. The van der Waals surface area contributed by atoms with Gasteiger partial charge in [0.2, 0.25) is 18.4 Å². The quantitative estimate of drug-likeness (QED) is 0.0116.